The quantitative estimate of drug-likeness (QED) is 0.841. The van der Waals surface area contributed by atoms with Crippen LogP contribution in [0.5, 0.6) is 5.75 Å². The second-order valence-electron chi connectivity index (χ2n) is 4.34. The van der Waals surface area contributed by atoms with Gasteiger partial charge in [0.2, 0.25) is 5.89 Å². The van der Waals surface area contributed by atoms with E-state index in [9.17, 15) is 5.11 Å². The van der Waals surface area contributed by atoms with Crippen molar-refractivity contribution in [3.63, 3.8) is 0 Å². The molecule has 2 N–H and O–H groups in total. The van der Waals surface area contributed by atoms with Gasteiger partial charge in [0.1, 0.15) is 5.75 Å². The average molecular weight is 248 g/mol. The Morgan fingerprint density at radius 2 is 2.00 bits per heavy atom. The van der Waals surface area contributed by atoms with Crippen LogP contribution in [0.4, 0.5) is 0 Å². The molecule has 1 atom stereocenters. The summed E-state index contributed by atoms with van der Waals surface area (Å²) < 4.78 is 5.09. The molecule has 0 aliphatic carbocycles. The van der Waals surface area contributed by atoms with Crippen LogP contribution in [0.3, 0.4) is 0 Å². The van der Waals surface area contributed by atoms with Crippen molar-refractivity contribution in [1.82, 2.24) is 10.1 Å². The van der Waals surface area contributed by atoms with Crippen LogP contribution in [0.15, 0.2) is 28.8 Å². The van der Waals surface area contributed by atoms with Crippen molar-refractivity contribution in [1.29, 1.82) is 0 Å². The zero-order chi connectivity index (χ0) is 13.0. The normalized spacial score (nSPS) is 12.6. The Labute approximate surface area is 105 Å². The third-order valence-electron chi connectivity index (χ3n) is 2.58. The number of nitrogens with zero attached hydrogens (tertiary/aromatic N) is 2. The molecule has 5 nitrogen and oxygen atoms in total. The number of phenolic OH excluding ortho intramolecular Hbond substituents is 1. The molecule has 1 aromatic heterocycles. The maximum atomic E-state index is 9.18. The summed E-state index contributed by atoms with van der Waals surface area (Å²) >= 11 is 0. The van der Waals surface area contributed by atoms with E-state index < -0.39 is 0 Å². The van der Waals surface area contributed by atoms with Crippen molar-refractivity contribution in [2.24, 2.45) is 0 Å². The highest BCUT2D eigenvalue weighted by Crippen LogP contribution is 2.13. The van der Waals surface area contributed by atoms with E-state index in [0.717, 1.165) is 5.56 Å². The van der Waals surface area contributed by atoms with Crippen LogP contribution in [0, 0.1) is 0 Å². The summed E-state index contributed by atoms with van der Waals surface area (Å²) in [6.07, 6.45) is 1.40. The lowest BCUT2D eigenvalue weighted by Gasteiger charge is -1.98. The second kappa shape index (κ2) is 5.64. The van der Waals surface area contributed by atoms with Crippen LogP contribution in [0.2, 0.25) is 0 Å². The van der Waals surface area contributed by atoms with Crippen LogP contribution in [0.25, 0.3) is 0 Å². The van der Waals surface area contributed by atoms with Crippen LogP contribution in [0.1, 0.15) is 30.6 Å². The van der Waals surface area contributed by atoms with Crippen molar-refractivity contribution in [3.05, 3.63) is 41.5 Å². The van der Waals surface area contributed by atoms with Crippen molar-refractivity contribution < 1.29 is 14.7 Å². The molecule has 18 heavy (non-hydrogen) atoms. The fraction of sp³-hybridized carbons (Fsp3) is 0.385. The Morgan fingerprint density at radius 3 is 2.67 bits per heavy atom. The fourth-order valence-corrected chi connectivity index (χ4v) is 1.59. The molecule has 2 rings (SSSR count). The molecule has 0 radical (unpaired) electrons. The number of benzene rings is 1. The first-order chi connectivity index (χ1) is 8.63. The van der Waals surface area contributed by atoms with Gasteiger partial charge in [-0.1, -0.05) is 17.3 Å². The fourth-order valence-electron chi connectivity index (χ4n) is 1.59. The van der Waals surface area contributed by atoms with E-state index in [1.165, 1.54) is 0 Å². The summed E-state index contributed by atoms with van der Waals surface area (Å²) in [5.74, 6) is 1.40. The lowest BCUT2D eigenvalue weighted by Crippen LogP contribution is -2.01. The Kier molecular flexibility index (Phi) is 3.94. The summed E-state index contributed by atoms with van der Waals surface area (Å²) in [4.78, 5) is 4.25. The molecule has 0 fully saturated rings. The van der Waals surface area contributed by atoms with Crippen molar-refractivity contribution in [3.8, 4) is 5.75 Å². The number of aromatic hydroxyl groups is 1. The van der Waals surface area contributed by atoms with Gasteiger partial charge in [0, 0.05) is 12.8 Å². The zero-order valence-electron chi connectivity index (χ0n) is 10.2. The largest absolute Gasteiger partial charge is 0.508 e. The minimum absolute atomic E-state index is 0.240. The van der Waals surface area contributed by atoms with Gasteiger partial charge in [-0.2, -0.15) is 4.98 Å². The number of rotatable bonds is 5. The number of hydrogen-bond acceptors (Lipinski definition) is 5. The Hall–Kier alpha value is -1.88. The number of phenols is 1. The Balaban J connectivity index is 1.95. The van der Waals surface area contributed by atoms with Gasteiger partial charge in [-0.25, -0.2) is 0 Å². The predicted octanol–water partition coefficient (Wildman–Crippen LogP) is 1.68. The predicted molar refractivity (Wildman–Crippen MR) is 65.2 cm³/mol. The molecular weight excluding hydrogens is 232 g/mol. The van der Waals surface area contributed by atoms with Gasteiger partial charge < -0.3 is 14.7 Å². The third kappa shape index (κ3) is 3.56. The first-order valence-corrected chi connectivity index (χ1v) is 5.91. The van der Waals surface area contributed by atoms with Gasteiger partial charge in [-0.3, -0.25) is 0 Å². The number of aliphatic hydroxyl groups excluding tert-OH is 1. The molecule has 0 bridgehead atoms. The number of aryl methyl sites for hydroxylation is 1. The standard InChI is InChI=1S/C13H16N2O3/c1-9(16)2-7-13-14-12(15-18-13)8-10-3-5-11(17)6-4-10/h3-6,9,16-17H,2,7-8H2,1H3. The zero-order valence-corrected chi connectivity index (χ0v) is 10.2. The van der Waals surface area contributed by atoms with Gasteiger partial charge in [0.05, 0.1) is 6.10 Å². The Morgan fingerprint density at radius 1 is 1.28 bits per heavy atom. The molecule has 1 aromatic carbocycles. The lowest BCUT2D eigenvalue weighted by molar-refractivity contribution is 0.180. The van der Waals surface area contributed by atoms with Crippen molar-refractivity contribution >= 4 is 0 Å². The van der Waals surface area contributed by atoms with Gasteiger partial charge in [-0.05, 0) is 31.0 Å². The SMILES string of the molecule is CC(O)CCc1nc(Cc2ccc(O)cc2)no1. The molecule has 2 aromatic rings. The first kappa shape index (κ1) is 12.6. The molecule has 0 spiro atoms. The smallest absolute Gasteiger partial charge is 0.226 e. The van der Waals surface area contributed by atoms with E-state index >= 15 is 0 Å². The van der Waals surface area contributed by atoms with E-state index in [2.05, 4.69) is 10.1 Å². The molecule has 0 amide bonds. The van der Waals surface area contributed by atoms with Crippen LogP contribution < -0.4 is 0 Å². The van der Waals surface area contributed by atoms with Crippen LogP contribution in [-0.4, -0.2) is 26.5 Å². The molecule has 0 aliphatic heterocycles. The minimum atomic E-state index is -0.363. The summed E-state index contributed by atoms with van der Waals surface area (Å²) in [6, 6.07) is 6.90. The molecule has 96 valence electrons. The molecular formula is C13H16N2O3. The van der Waals surface area contributed by atoms with E-state index in [1.54, 1.807) is 19.1 Å². The average Bonchev–Trinajstić information content (AvgIpc) is 2.77. The van der Waals surface area contributed by atoms with Gasteiger partial charge in [0.25, 0.3) is 0 Å². The van der Waals surface area contributed by atoms with Crippen LogP contribution in [-0.2, 0) is 12.8 Å². The molecule has 5 heteroatoms. The molecule has 0 saturated heterocycles. The number of aromatic nitrogens is 2. The van der Waals surface area contributed by atoms with Crippen LogP contribution >= 0.6 is 0 Å². The monoisotopic (exact) mass is 248 g/mol. The highest BCUT2D eigenvalue weighted by atomic mass is 16.5. The van der Waals surface area contributed by atoms with Gasteiger partial charge >= 0.3 is 0 Å². The summed E-state index contributed by atoms with van der Waals surface area (Å²) in [5.41, 5.74) is 1.01. The molecule has 0 saturated carbocycles. The van der Waals surface area contributed by atoms with E-state index in [4.69, 9.17) is 9.63 Å². The van der Waals surface area contributed by atoms with E-state index in [1.807, 2.05) is 12.1 Å². The topological polar surface area (TPSA) is 79.4 Å². The summed E-state index contributed by atoms with van der Waals surface area (Å²) in [7, 11) is 0. The molecule has 1 unspecified atom stereocenters. The third-order valence-corrected chi connectivity index (χ3v) is 2.58. The first-order valence-electron chi connectivity index (χ1n) is 5.91. The van der Waals surface area contributed by atoms with Crippen molar-refractivity contribution in [2.75, 3.05) is 0 Å². The summed E-state index contributed by atoms with van der Waals surface area (Å²) in [6.45, 7) is 1.73. The van der Waals surface area contributed by atoms with Crippen molar-refractivity contribution in [2.45, 2.75) is 32.3 Å². The van der Waals surface area contributed by atoms with Gasteiger partial charge in [0.15, 0.2) is 5.82 Å². The lowest BCUT2D eigenvalue weighted by atomic mass is 10.1. The molecule has 0 aliphatic rings. The minimum Gasteiger partial charge on any atom is -0.508 e. The number of hydrogen-bond donors (Lipinski definition) is 2. The van der Waals surface area contributed by atoms with E-state index in [-0.39, 0.29) is 11.9 Å². The Bertz CT molecular complexity index is 491. The summed E-state index contributed by atoms with van der Waals surface area (Å²) in [5, 5.41) is 22.2. The maximum absolute atomic E-state index is 9.18. The number of aliphatic hydroxyl groups is 1. The highest BCUT2D eigenvalue weighted by molar-refractivity contribution is 5.27. The molecule has 1 heterocycles. The second-order valence-corrected chi connectivity index (χ2v) is 4.34. The highest BCUT2D eigenvalue weighted by Gasteiger charge is 2.08. The van der Waals surface area contributed by atoms with E-state index in [0.29, 0.717) is 31.0 Å². The maximum Gasteiger partial charge on any atom is 0.226 e. The van der Waals surface area contributed by atoms with Gasteiger partial charge in [-0.15, -0.1) is 0 Å².